The van der Waals surface area contributed by atoms with Crippen molar-refractivity contribution in [2.45, 2.75) is 64.0 Å². The van der Waals surface area contributed by atoms with Crippen molar-refractivity contribution in [2.75, 3.05) is 10.6 Å². The smallest absolute Gasteiger partial charge is 0.229 e. The van der Waals surface area contributed by atoms with Gasteiger partial charge in [0.15, 0.2) is 5.13 Å². The molecule has 0 saturated heterocycles. The van der Waals surface area contributed by atoms with E-state index in [0.29, 0.717) is 11.2 Å². The van der Waals surface area contributed by atoms with Crippen LogP contribution in [0.25, 0.3) is 21.1 Å². The van der Waals surface area contributed by atoms with Crippen molar-refractivity contribution in [3.05, 3.63) is 60.3 Å². The third kappa shape index (κ3) is 5.71. The maximum atomic E-state index is 13.2. The average molecular weight is 528 g/mol. The molecule has 3 N–H and O–H groups in total. The van der Waals surface area contributed by atoms with Gasteiger partial charge in [0.25, 0.3) is 0 Å². The number of hydrogen-bond acceptors (Lipinski definition) is 6. The van der Waals surface area contributed by atoms with Crippen molar-refractivity contribution in [1.29, 1.82) is 0 Å². The van der Waals surface area contributed by atoms with Crippen LogP contribution in [0.1, 0.15) is 56.9 Å². The molecule has 4 aromatic rings. The van der Waals surface area contributed by atoms with E-state index in [4.69, 9.17) is 0 Å². The summed E-state index contributed by atoms with van der Waals surface area (Å²) in [5.74, 6) is 0.246. The van der Waals surface area contributed by atoms with Crippen molar-refractivity contribution in [2.24, 2.45) is 11.8 Å². The molecule has 2 amide bonds. The van der Waals surface area contributed by atoms with E-state index in [0.717, 1.165) is 84.7 Å². The lowest BCUT2D eigenvalue weighted by molar-refractivity contribution is -0.121. The van der Waals surface area contributed by atoms with Gasteiger partial charge in [-0.2, -0.15) is 0 Å². The van der Waals surface area contributed by atoms with Crippen LogP contribution in [0.2, 0.25) is 0 Å². The van der Waals surface area contributed by atoms with Crippen LogP contribution >= 0.6 is 11.3 Å². The number of nitrogens with zero attached hydrogens (tertiary/aromatic N) is 2. The van der Waals surface area contributed by atoms with Crippen molar-refractivity contribution in [3.63, 3.8) is 0 Å². The van der Waals surface area contributed by atoms with Crippen molar-refractivity contribution < 1.29 is 9.59 Å². The van der Waals surface area contributed by atoms with E-state index in [2.05, 4.69) is 50.2 Å². The minimum atomic E-state index is -0.0135. The van der Waals surface area contributed by atoms with Gasteiger partial charge < -0.3 is 16.0 Å². The first kappa shape index (κ1) is 24.9. The van der Waals surface area contributed by atoms with Crippen LogP contribution in [0.5, 0.6) is 0 Å². The van der Waals surface area contributed by atoms with E-state index in [1.54, 1.807) is 0 Å². The molecule has 2 aromatic carbocycles. The van der Waals surface area contributed by atoms with E-state index < -0.39 is 0 Å². The first-order valence-electron chi connectivity index (χ1n) is 13.7. The molecule has 2 saturated carbocycles. The first-order chi connectivity index (χ1) is 18.6. The number of carbonyl (C=O) groups excluding carboxylic acids is 2. The van der Waals surface area contributed by atoms with Crippen LogP contribution in [0.15, 0.2) is 54.7 Å². The van der Waals surface area contributed by atoms with Crippen LogP contribution in [0, 0.1) is 11.8 Å². The highest BCUT2D eigenvalue weighted by atomic mass is 32.1. The molecule has 2 aliphatic rings. The van der Waals surface area contributed by atoms with Crippen molar-refractivity contribution >= 4 is 55.1 Å². The summed E-state index contributed by atoms with van der Waals surface area (Å²) in [4.78, 5) is 34.6. The summed E-state index contributed by atoms with van der Waals surface area (Å²) >= 11 is 1.46. The van der Waals surface area contributed by atoms with Gasteiger partial charge in [-0.25, -0.2) is 4.98 Å². The molecule has 2 fully saturated rings. The Labute approximate surface area is 226 Å². The quantitative estimate of drug-likeness (QED) is 0.264. The molecule has 2 atom stereocenters. The zero-order chi connectivity index (χ0) is 25.9. The minimum absolute atomic E-state index is 0.0135. The number of amides is 2. The number of fused-ring (bicyclic) bond motifs is 2. The molecular formula is C30H33N5O2S. The molecule has 6 rings (SSSR count). The number of pyridine rings is 1. The van der Waals surface area contributed by atoms with Crippen molar-refractivity contribution in [3.8, 4) is 0 Å². The monoisotopic (exact) mass is 527 g/mol. The van der Waals surface area contributed by atoms with Crippen LogP contribution in [0.3, 0.4) is 0 Å². The summed E-state index contributed by atoms with van der Waals surface area (Å²) in [6.45, 7) is 0.783. The molecule has 38 heavy (non-hydrogen) atoms. The largest absolute Gasteiger partial charge is 0.326 e. The van der Waals surface area contributed by atoms with Gasteiger partial charge in [-0.1, -0.05) is 42.7 Å². The molecule has 0 radical (unpaired) electrons. The highest BCUT2D eigenvalue weighted by Crippen LogP contribution is 2.32. The van der Waals surface area contributed by atoms with Gasteiger partial charge in [-0.15, -0.1) is 0 Å². The van der Waals surface area contributed by atoms with Gasteiger partial charge in [0.1, 0.15) is 0 Å². The number of nitrogens with one attached hydrogen (secondary N) is 3. The second-order valence-corrected chi connectivity index (χ2v) is 11.7. The van der Waals surface area contributed by atoms with E-state index in [1.807, 2.05) is 30.5 Å². The molecule has 196 valence electrons. The van der Waals surface area contributed by atoms with E-state index in [-0.39, 0.29) is 23.7 Å². The molecule has 2 unspecified atom stereocenters. The summed E-state index contributed by atoms with van der Waals surface area (Å²) < 4.78 is 0.957. The normalized spacial score (nSPS) is 20.1. The standard InChI is InChI=1S/C30H33N5O2S/c36-28(20-5-1-2-6-20)35-30-34-26-13-11-24(17-27(26)38-30)33-29(37)22-7-3-9-23(16-22)32-18-19-10-12-25-21(15-19)8-4-14-31-25/h4,8,10-15,17,20,22-23,32H,1-3,5-7,9,16,18H2,(H,33,37)(H,34,35,36). The fourth-order valence-corrected chi connectivity index (χ4v) is 6.71. The summed E-state index contributed by atoms with van der Waals surface area (Å²) in [6, 6.07) is 16.5. The first-order valence-corrected chi connectivity index (χ1v) is 14.5. The van der Waals surface area contributed by atoms with Crippen LogP contribution in [0.4, 0.5) is 10.8 Å². The number of rotatable bonds is 7. The fourth-order valence-electron chi connectivity index (χ4n) is 5.81. The zero-order valence-electron chi connectivity index (χ0n) is 21.4. The van der Waals surface area contributed by atoms with Gasteiger partial charge >= 0.3 is 0 Å². The Morgan fingerprint density at radius 3 is 2.58 bits per heavy atom. The predicted octanol–water partition coefficient (Wildman–Crippen LogP) is 6.26. The Hall–Kier alpha value is -3.36. The number of aromatic nitrogens is 2. The van der Waals surface area contributed by atoms with Gasteiger partial charge in [0, 0.05) is 41.7 Å². The Balaban J connectivity index is 1.04. The third-order valence-corrected chi connectivity index (χ3v) is 8.85. The van der Waals surface area contributed by atoms with Gasteiger partial charge in [0.05, 0.1) is 15.7 Å². The highest BCUT2D eigenvalue weighted by molar-refractivity contribution is 7.22. The molecule has 2 aromatic heterocycles. The number of thiazole rings is 1. The number of benzene rings is 2. The molecule has 2 heterocycles. The summed E-state index contributed by atoms with van der Waals surface area (Å²) in [5, 5.41) is 11.6. The molecule has 0 bridgehead atoms. The average Bonchev–Trinajstić information content (AvgIpc) is 3.62. The third-order valence-electron chi connectivity index (χ3n) is 7.92. The van der Waals surface area contributed by atoms with E-state index >= 15 is 0 Å². The topological polar surface area (TPSA) is 96.0 Å². The Kier molecular flexibility index (Phi) is 7.33. The SMILES string of the molecule is O=C(Nc1ccc2nc(NC(=O)C3CCCC3)sc2c1)C1CCCC(NCc2ccc3ncccc3c2)C1. The summed E-state index contributed by atoms with van der Waals surface area (Å²) in [6.07, 6.45) is 9.86. The van der Waals surface area contributed by atoms with Crippen molar-refractivity contribution in [1.82, 2.24) is 15.3 Å². The maximum Gasteiger partial charge on any atom is 0.229 e. The molecule has 0 aliphatic heterocycles. The number of hydrogen-bond donors (Lipinski definition) is 3. The minimum Gasteiger partial charge on any atom is -0.326 e. The van der Waals surface area contributed by atoms with E-state index in [1.165, 1.54) is 16.9 Å². The molecular weight excluding hydrogens is 494 g/mol. The molecule has 2 aliphatic carbocycles. The van der Waals surface area contributed by atoms with Crippen LogP contribution in [-0.4, -0.2) is 27.8 Å². The molecule has 8 heteroatoms. The highest BCUT2D eigenvalue weighted by Gasteiger charge is 2.27. The zero-order valence-corrected chi connectivity index (χ0v) is 22.2. The molecule has 7 nitrogen and oxygen atoms in total. The van der Waals surface area contributed by atoms with Crippen LogP contribution < -0.4 is 16.0 Å². The Morgan fingerprint density at radius 2 is 1.68 bits per heavy atom. The number of anilines is 2. The second-order valence-electron chi connectivity index (χ2n) is 10.6. The predicted molar refractivity (Wildman–Crippen MR) is 153 cm³/mol. The lowest BCUT2D eigenvalue weighted by atomic mass is 9.85. The summed E-state index contributed by atoms with van der Waals surface area (Å²) in [7, 11) is 0. The van der Waals surface area contributed by atoms with Gasteiger partial charge in [-0.05, 0) is 74.1 Å². The van der Waals surface area contributed by atoms with E-state index in [9.17, 15) is 9.59 Å². The van der Waals surface area contributed by atoms with Gasteiger partial charge in [0.2, 0.25) is 11.8 Å². The van der Waals surface area contributed by atoms with Gasteiger partial charge in [-0.3, -0.25) is 14.6 Å². The Morgan fingerprint density at radius 1 is 0.868 bits per heavy atom. The fraction of sp³-hybridized carbons (Fsp3) is 0.400. The second kappa shape index (κ2) is 11.2. The molecule has 0 spiro atoms. The van der Waals surface area contributed by atoms with Crippen LogP contribution in [-0.2, 0) is 16.1 Å². The number of carbonyl (C=O) groups is 2. The summed E-state index contributed by atoms with van der Waals surface area (Å²) in [5.41, 5.74) is 3.85. The lowest BCUT2D eigenvalue weighted by Crippen LogP contribution is -2.37. The Bertz CT molecular complexity index is 1460. The lowest BCUT2D eigenvalue weighted by Gasteiger charge is -2.29. The maximum absolute atomic E-state index is 13.2.